The van der Waals surface area contributed by atoms with Crippen LogP contribution in [0.3, 0.4) is 0 Å². The van der Waals surface area contributed by atoms with Crippen molar-refractivity contribution in [3.8, 4) is 5.75 Å². The van der Waals surface area contributed by atoms with Gasteiger partial charge >= 0.3 is 0 Å². The van der Waals surface area contributed by atoms with Crippen LogP contribution in [-0.2, 0) is 7.05 Å². The summed E-state index contributed by atoms with van der Waals surface area (Å²) in [6.07, 6.45) is 1.77. The van der Waals surface area contributed by atoms with Crippen LogP contribution in [0.25, 0.3) is 0 Å². The van der Waals surface area contributed by atoms with E-state index in [0.29, 0.717) is 0 Å². The summed E-state index contributed by atoms with van der Waals surface area (Å²) in [5, 5.41) is 7.63. The van der Waals surface area contributed by atoms with E-state index in [1.807, 2.05) is 37.8 Å². The molecule has 2 heterocycles. The highest BCUT2D eigenvalue weighted by Gasteiger charge is 2.21. The molecule has 2 aromatic heterocycles. The van der Waals surface area contributed by atoms with Crippen molar-refractivity contribution < 1.29 is 4.74 Å². The van der Waals surface area contributed by atoms with Gasteiger partial charge in [-0.15, -0.1) is 0 Å². The number of rotatable bonds is 4. The van der Waals surface area contributed by atoms with Gasteiger partial charge in [0.15, 0.2) is 0 Å². The van der Waals surface area contributed by atoms with Crippen molar-refractivity contribution in [3.63, 3.8) is 0 Å². The number of aromatic nitrogens is 3. The topological polar surface area (TPSA) is 52.0 Å². The summed E-state index contributed by atoms with van der Waals surface area (Å²) < 4.78 is 7.23. The third kappa shape index (κ3) is 2.22. The van der Waals surface area contributed by atoms with Crippen LogP contribution in [-0.4, -0.2) is 28.9 Å². The monoisotopic (exact) mass is 246 g/mol. The fourth-order valence-corrected chi connectivity index (χ4v) is 2.12. The van der Waals surface area contributed by atoms with E-state index in [4.69, 9.17) is 4.74 Å². The first-order chi connectivity index (χ1) is 8.67. The van der Waals surface area contributed by atoms with Crippen molar-refractivity contribution in [2.24, 2.45) is 7.05 Å². The van der Waals surface area contributed by atoms with E-state index in [2.05, 4.69) is 21.5 Å². The molecule has 2 aromatic rings. The minimum Gasteiger partial charge on any atom is -0.495 e. The van der Waals surface area contributed by atoms with Gasteiger partial charge in [-0.1, -0.05) is 0 Å². The number of nitrogens with one attached hydrogen (secondary N) is 1. The fraction of sp³-hybridized carbons (Fsp3) is 0.385. The lowest BCUT2D eigenvalue weighted by molar-refractivity contribution is 0.400. The Morgan fingerprint density at radius 2 is 2.22 bits per heavy atom. The maximum atomic E-state index is 5.36. The molecule has 0 saturated carbocycles. The lowest BCUT2D eigenvalue weighted by Gasteiger charge is -2.18. The molecule has 0 fully saturated rings. The molecular formula is C13H18N4O. The second-order valence-corrected chi connectivity index (χ2v) is 4.15. The van der Waals surface area contributed by atoms with Gasteiger partial charge in [0.1, 0.15) is 11.4 Å². The van der Waals surface area contributed by atoms with Crippen LogP contribution in [0.15, 0.2) is 24.4 Å². The van der Waals surface area contributed by atoms with E-state index in [1.165, 1.54) is 0 Å². The van der Waals surface area contributed by atoms with Crippen molar-refractivity contribution in [2.75, 3.05) is 14.2 Å². The number of ether oxygens (including phenoxy) is 1. The van der Waals surface area contributed by atoms with E-state index < -0.39 is 0 Å². The molecule has 0 bridgehead atoms. The molecule has 96 valence electrons. The largest absolute Gasteiger partial charge is 0.495 e. The summed E-state index contributed by atoms with van der Waals surface area (Å²) >= 11 is 0. The van der Waals surface area contributed by atoms with Crippen molar-refractivity contribution in [3.05, 3.63) is 41.5 Å². The summed E-state index contributed by atoms with van der Waals surface area (Å²) in [5.74, 6) is 0.774. The normalized spacial score (nSPS) is 12.4. The van der Waals surface area contributed by atoms with Gasteiger partial charge in [0.25, 0.3) is 0 Å². The number of nitrogens with zero attached hydrogens (tertiary/aromatic N) is 3. The van der Waals surface area contributed by atoms with E-state index in [9.17, 15) is 0 Å². The number of hydrogen-bond acceptors (Lipinski definition) is 4. The molecule has 0 saturated heterocycles. The Bertz CT molecular complexity index is 536. The van der Waals surface area contributed by atoms with Crippen molar-refractivity contribution in [1.29, 1.82) is 0 Å². The summed E-state index contributed by atoms with van der Waals surface area (Å²) in [6.45, 7) is 1.98. The van der Waals surface area contributed by atoms with Gasteiger partial charge in [0, 0.05) is 13.2 Å². The molecule has 0 aliphatic heterocycles. The third-order valence-corrected chi connectivity index (χ3v) is 2.92. The molecule has 1 unspecified atom stereocenters. The van der Waals surface area contributed by atoms with Crippen molar-refractivity contribution in [2.45, 2.75) is 13.0 Å². The zero-order chi connectivity index (χ0) is 13.1. The molecule has 0 radical (unpaired) electrons. The van der Waals surface area contributed by atoms with Gasteiger partial charge in [-0.3, -0.25) is 9.67 Å². The average molecular weight is 246 g/mol. The fourth-order valence-electron chi connectivity index (χ4n) is 2.12. The Morgan fingerprint density at radius 1 is 1.44 bits per heavy atom. The number of hydrogen-bond donors (Lipinski definition) is 1. The van der Waals surface area contributed by atoms with Crippen molar-refractivity contribution in [1.82, 2.24) is 20.1 Å². The van der Waals surface area contributed by atoms with Gasteiger partial charge < -0.3 is 10.1 Å². The van der Waals surface area contributed by atoms with E-state index in [1.54, 1.807) is 13.3 Å². The highest BCUT2D eigenvalue weighted by molar-refractivity contribution is 5.35. The highest BCUT2D eigenvalue weighted by Crippen LogP contribution is 2.27. The molecule has 0 amide bonds. The lowest BCUT2D eigenvalue weighted by Crippen LogP contribution is -2.22. The Labute approximate surface area is 107 Å². The highest BCUT2D eigenvalue weighted by atomic mass is 16.5. The van der Waals surface area contributed by atoms with Crippen molar-refractivity contribution >= 4 is 0 Å². The predicted octanol–water partition coefficient (Wildman–Crippen LogP) is 1.44. The first-order valence-corrected chi connectivity index (χ1v) is 5.84. The second-order valence-electron chi connectivity index (χ2n) is 4.15. The number of methoxy groups -OCH3 is 1. The van der Waals surface area contributed by atoms with Crippen LogP contribution >= 0.6 is 0 Å². The van der Waals surface area contributed by atoms with Crippen LogP contribution in [0.4, 0.5) is 0 Å². The molecule has 0 aliphatic rings. The van der Waals surface area contributed by atoms with Gasteiger partial charge in [-0.2, -0.15) is 5.10 Å². The number of pyridine rings is 1. The zero-order valence-corrected chi connectivity index (χ0v) is 11.1. The van der Waals surface area contributed by atoms with Gasteiger partial charge in [0.05, 0.1) is 24.5 Å². The van der Waals surface area contributed by atoms with Crippen LogP contribution in [0, 0.1) is 6.92 Å². The van der Waals surface area contributed by atoms with Crippen LogP contribution in [0.2, 0.25) is 0 Å². The van der Waals surface area contributed by atoms with Gasteiger partial charge in [-0.25, -0.2) is 0 Å². The smallest absolute Gasteiger partial charge is 0.142 e. The minimum absolute atomic E-state index is 0.0349. The quantitative estimate of drug-likeness (QED) is 0.887. The molecular weight excluding hydrogens is 228 g/mol. The second kappa shape index (κ2) is 5.18. The Balaban J connectivity index is 2.48. The first kappa shape index (κ1) is 12.6. The Hall–Kier alpha value is -1.88. The molecule has 2 rings (SSSR count). The SMILES string of the molecule is CNC(c1ncccc1OC)c1cc(C)nn1C. The van der Waals surface area contributed by atoms with Crippen LogP contribution in [0.5, 0.6) is 5.75 Å². The molecule has 1 atom stereocenters. The average Bonchev–Trinajstić information content (AvgIpc) is 2.70. The Morgan fingerprint density at radius 3 is 2.78 bits per heavy atom. The summed E-state index contributed by atoms with van der Waals surface area (Å²) in [5.41, 5.74) is 2.92. The molecule has 18 heavy (non-hydrogen) atoms. The molecule has 1 N–H and O–H groups in total. The van der Waals surface area contributed by atoms with E-state index in [0.717, 1.165) is 22.8 Å². The maximum absolute atomic E-state index is 5.36. The van der Waals surface area contributed by atoms with Gasteiger partial charge in [0.2, 0.25) is 0 Å². The lowest BCUT2D eigenvalue weighted by atomic mass is 10.1. The molecule has 5 heteroatoms. The maximum Gasteiger partial charge on any atom is 0.142 e. The summed E-state index contributed by atoms with van der Waals surface area (Å²) in [6, 6.07) is 5.79. The van der Waals surface area contributed by atoms with E-state index >= 15 is 0 Å². The minimum atomic E-state index is -0.0349. The van der Waals surface area contributed by atoms with E-state index in [-0.39, 0.29) is 6.04 Å². The summed E-state index contributed by atoms with van der Waals surface area (Å²) in [7, 11) is 5.49. The molecule has 0 aliphatic carbocycles. The number of aryl methyl sites for hydroxylation is 2. The standard InChI is InChI=1S/C13H18N4O/c1-9-8-10(17(3)16-9)12(14-2)13-11(18-4)6-5-7-15-13/h5-8,12,14H,1-4H3. The molecule has 0 spiro atoms. The molecule has 0 aromatic carbocycles. The molecule has 5 nitrogen and oxygen atoms in total. The third-order valence-electron chi connectivity index (χ3n) is 2.92. The first-order valence-electron chi connectivity index (χ1n) is 5.84. The predicted molar refractivity (Wildman–Crippen MR) is 69.6 cm³/mol. The van der Waals surface area contributed by atoms with Crippen LogP contribution < -0.4 is 10.1 Å². The van der Waals surface area contributed by atoms with Gasteiger partial charge in [-0.05, 0) is 32.2 Å². The summed E-state index contributed by atoms with van der Waals surface area (Å²) in [4.78, 5) is 4.42. The Kier molecular flexibility index (Phi) is 3.62. The van der Waals surface area contributed by atoms with Crippen LogP contribution in [0.1, 0.15) is 23.1 Å². The zero-order valence-electron chi connectivity index (χ0n) is 11.1.